The van der Waals surface area contributed by atoms with Crippen LogP contribution in [0.4, 0.5) is 0 Å². The standard InChI is InChI=1S/C21H26N2O5S/c1-15(16-6-8-17(27-2)9-7-16)22-29(25,26)18-10-11-20(28-3)19(14-18)21(24)23-12-4-5-13-23/h6-11,14-15,22H,4-5,12-13H2,1-3H3. The summed E-state index contributed by atoms with van der Waals surface area (Å²) < 4.78 is 39.0. The lowest BCUT2D eigenvalue weighted by Gasteiger charge is -2.19. The zero-order valence-corrected chi connectivity index (χ0v) is 17.7. The van der Waals surface area contributed by atoms with Crippen LogP contribution in [0.1, 0.15) is 41.7 Å². The highest BCUT2D eigenvalue weighted by molar-refractivity contribution is 7.89. The molecule has 2 aromatic rings. The second kappa shape index (κ2) is 8.84. The number of hydrogen-bond donors (Lipinski definition) is 1. The number of nitrogens with zero attached hydrogens (tertiary/aromatic N) is 1. The Morgan fingerprint density at radius 1 is 1.03 bits per heavy atom. The van der Waals surface area contributed by atoms with Crippen LogP contribution >= 0.6 is 0 Å². The van der Waals surface area contributed by atoms with Crippen molar-refractivity contribution in [1.29, 1.82) is 0 Å². The molecule has 0 saturated carbocycles. The minimum absolute atomic E-state index is 0.0289. The summed E-state index contributed by atoms with van der Waals surface area (Å²) in [4.78, 5) is 14.6. The number of methoxy groups -OCH3 is 2. The van der Waals surface area contributed by atoms with Gasteiger partial charge in [0.1, 0.15) is 11.5 Å². The van der Waals surface area contributed by atoms with E-state index in [-0.39, 0.29) is 16.4 Å². The third-order valence-electron chi connectivity index (χ3n) is 5.05. The molecule has 1 atom stereocenters. The number of rotatable bonds is 7. The molecule has 0 radical (unpaired) electrons. The highest BCUT2D eigenvalue weighted by Gasteiger charge is 2.26. The summed E-state index contributed by atoms with van der Waals surface area (Å²) >= 11 is 0. The molecule has 29 heavy (non-hydrogen) atoms. The highest BCUT2D eigenvalue weighted by Crippen LogP contribution is 2.26. The van der Waals surface area contributed by atoms with E-state index in [9.17, 15) is 13.2 Å². The van der Waals surface area contributed by atoms with E-state index in [1.807, 2.05) is 12.1 Å². The minimum atomic E-state index is -3.84. The van der Waals surface area contributed by atoms with Gasteiger partial charge in [0.25, 0.3) is 5.91 Å². The Morgan fingerprint density at radius 2 is 1.69 bits per heavy atom. The smallest absolute Gasteiger partial charge is 0.257 e. The van der Waals surface area contributed by atoms with Crippen molar-refractivity contribution in [1.82, 2.24) is 9.62 Å². The van der Waals surface area contributed by atoms with Crippen molar-refractivity contribution in [2.75, 3.05) is 27.3 Å². The SMILES string of the molecule is COc1ccc(C(C)NS(=O)(=O)c2ccc(OC)c(C(=O)N3CCCC3)c2)cc1. The van der Waals surface area contributed by atoms with Crippen LogP contribution in [-0.4, -0.2) is 46.5 Å². The average molecular weight is 419 g/mol. The predicted molar refractivity (Wildman–Crippen MR) is 110 cm³/mol. The van der Waals surface area contributed by atoms with Crippen LogP contribution in [0.3, 0.4) is 0 Å². The van der Waals surface area contributed by atoms with Gasteiger partial charge in [-0.1, -0.05) is 12.1 Å². The maximum absolute atomic E-state index is 12.9. The zero-order chi connectivity index (χ0) is 21.0. The molecule has 0 spiro atoms. The lowest BCUT2D eigenvalue weighted by atomic mass is 10.1. The number of sulfonamides is 1. The molecule has 8 heteroatoms. The number of benzene rings is 2. The average Bonchev–Trinajstić information content (AvgIpc) is 3.27. The summed E-state index contributed by atoms with van der Waals surface area (Å²) in [6.45, 7) is 3.11. The first-order chi connectivity index (χ1) is 13.9. The van der Waals surface area contributed by atoms with Crippen molar-refractivity contribution in [3.63, 3.8) is 0 Å². The molecule has 2 aromatic carbocycles. The van der Waals surface area contributed by atoms with Gasteiger partial charge < -0.3 is 14.4 Å². The Hall–Kier alpha value is -2.58. The van der Waals surface area contributed by atoms with Gasteiger partial charge >= 0.3 is 0 Å². The zero-order valence-electron chi connectivity index (χ0n) is 16.8. The fourth-order valence-corrected chi connectivity index (χ4v) is 4.63. The van der Waals surface area contributed by atoms with Gasteiger partial charge in [-0.2, -0.15) is 0 Å². The Morgan fingerprint density at radius 3 is 2.28 bits per heavy atom. The van der Waals surface area contributed by atoms with Gasteiger partial charge in [0.2, 0.25) is 10.0 Å². The summed E-state index contributed by atoms with van der Waals surface area (Å²) in [5.41, 5.74) is 1.06. The van der Waals surface area contributed by atoms with Crippen LogP contribution < -0.4 is 14.2 Å². The quantitative estimate of drug-likeness (QED) is 0.747. The van der Waals surface area contributed by atoms with E-state index in [0.717, 1.165) is 18.4 Å². The molecule has 1 fully saturated rings. The van der Waals surface area contributed by atoms with E-state index in [1.165, 1.54) is 25.3 Å². The number of nitrogens with one attached hydrogen (secondary N) is 1. The van der Waals surface area contributed by atoms with Gasteiger partial charge in [0.05, 0.1) is 24.7 Å². The molecule has 0 aliphatic carbocycles. The Bertz CT molecular complexity index is 967. The van der Waals surface area contributed by atoms with Gasteiger partial charge in [-0.05, 0) is 55.7 Å². The first kappa shape index (κ1) is 21.1. The molecule has 1 N–H and O–H groups in total. The number of carbonyl (C=O) groups excluding carboxylic acids is 1. The van der Waals surface area contributed by atoms with Crippen LogP contribution in [-0.2, 0) is 10.0 Å². The highest BCUT2D eigenvalue weighted by atomic mass is 32.2. The molecule has 1 amide bonds. The van der Waals surface area contributed by atoms with Gasteiger partial charge in [0.15, 0.2) is 0 Å². The van der Waals surface area contributed by atoms with Crippen LogP contribution in [0, 0.1) is 0 Å². The fraction of sp³-hybridized carbons (Fsp3) is 0.381. The first-order valence-corrected chi connectivity index (χ1v) is 11.0. The number of likely N-dealkylation sites (tertiary alicyclic amines) is 1. The van der Waals surface area contributed by atoms with E-state index >= 15 is 0 Å². The lowest BCUT2D eigenvalue weighted by molar-refractivity contribution is 0.0789. The van der Waals surface area contributed by atoms with Crippen LogP contribution in [0.15, 0.2) is 47.4 Å². The maximum Gasteiger partial charge on any atom is 0.257 e. The van der Waals surface area contributed by atoms with E-state index in [1.54, 1.807) is 31.1 Å². The summed E-state index contributed by atoms with van der Waals surface area (Å²) in [7, 11) is -0.794. The van der Waals surface area contributed by atoms with Gasteiger partial charge in [-0.15, -0.1) is 0 Å². The van der Waals surface area contributed by atoms with E-state index in [4.69, 9.17) is 9.47 Å². The van der Waals surface area contributed by atoms with Crippen molar-refractivity contribution in [3.8, 4) is 11.5 Å². The van der Waals surface area contributed by atoms with Crippen molar-refractivity contribution in [2.45, 2.75) is 30.7 Å². The summed E-state index contributed by atoms with van der Waals surface area (Å²) in [6, 6.07) is 11.1. The number of amides is 1. The molecule has 1 heterocycles. The molecule has 0 aromatic heterocycles. The molecule has 0 bridgehead atoms. The third kappa shape index (κ3) is 4.71. The lowest BCUT2D eigenvalue weighted by Crippen LogP contribution is -2.29. The Balaban J connectivity index is 1.85. The second-order valence-corrected chi connectivity index (χ2v) is 8.69. The summed E-state index contributed by atoms with van der Waals surface area (Å²) in [6.07, 6.45) is 1.90. The van der Waals surface area contributed by atoms with Crippen molar-refractivity contribution >= 4 is 15.9 Å². The fourth-order valence-electron chi connectivity index (χ4n) is 3.37. The molecule has 1 saturated heterocycles. The number of hydrogen-bond acceptors (Lipinski definition) is 5. The summed E-state index contributed by atoms with van der Waals surface area (Å²) in [5.74, 6) is 0.854. The van der Waals surface area contributed by atoms with Crippen molar-refractivity contribution in [2.24, 2.45) is 0 Å². The monoisotopic (exact) mass is 418 g/mol. The van der Waals surface area contributed by atoms with Crippen molar-refractivity contribution in [3.05, 3.63) is 53.6 Å². The van der Waals surface area contributed by atoms with Gasteiger partial charge in [-0.25, -0.2) is 13.1 Å². The van der Waals surface area contributed by atoms with E-state index in [2.05, 4.69) is 4.72 Å². The Kier molecular flexibility index (Phi) is 6.44. The normalized spacial score (nSPS) is 15.2. The van der Waals surface area contributed by atoms with Gasteiger partial charge in [0, 0.05) is 19.1 Å². The number of ether oxygens (including phenoxy) is 2. The molecular formula is C21H26N2O5S. The second-order valence-electron chi connectivity index (χ2n) is 6.98. The summed E-state index contributed by atoms with van der Waals surface area (Å²) in [5, 5.41) is 0. The van der Waals surface area contributed by atoms with Crippen LogP contribution in [0.25, 0.3) is 0 Å². The minimum Gasteiger partial charge on any atom is -0.497 e. The molecular weight excluding hydrogens is 392 g/mol. The molecule has 156 valence electrons. The molecule has 1 unspecified atom stereocenters. The van der Waals surface area contributed by atoms with Gasteiger partial charge in [-0.3, -0.25) is 4.79 Å². The van der Waals surface area contributed by atoms with Crippen molar-refractivity contribution < 1.29 is 22.7 Å². The maximum atomic E-state index is 12.9. The topological polar surface area (TPSA) is 84.9 Å². The molecule has 1 aliphatic rings. The first-order valence-electron chi connectivity index (χ1n) is 9.49. The predicted octanol–water partition coefficient (Wildman–Crippen LogP) is 2.98. The largest absolute Gasteiger partial charge is 0.497 e. The molecule has 7 nitrogen and oxygen atoms in total. The molecule has 3 rings (SSSR count). The van der Waals surface area contributed by atoms with E-state index < -0.39 is 16.1 Å². The van der Waals surface area contributed by atoms with Crippen LogP contribution in [0.2, 0.25) is 0 Å². The number of carbonyl (C=O) groups is 1. The molecule has 1 aliphatic heterocycles. The van der Waals surface area contributed by atoms with E-state index in [0.29, 0.717) is 24.6 Å². The Labute approximate surface area is 171 Å². The van der Waals surface area contributed by atoms with Crippen LogP contribution in [0.5, 0.6) is 11.5 Å². The third-order valence-corrected chi connectivity index (χ3v) is 6.59.